The molecule has 0 aliphatic heterocycles. The van der Waals surface area contributed by atoms with E-state index in [-0.39, 0.29) is 0 Å². The van der Waals surface area contributed by atoms with Crippen LogP contribution in [0.4, 0.5) is 0 Å². The van der Waals surface area contributed by atoms with Crippen LogP contribution in [0.5, 0.6) is 0 Å². The van der Waals surface area contributed by atoms with Crippen LogP contribution in [-0.4, -0.2) is 19.8 Å². The summed E-state index contributed by atoms with van der Waals surface area (Å²) in [5, 5.41) is 13.1. The molecule has 0 saturated heterocycles. The average molecular weight is 265 g/mol. The minimum absolute atomic E-state index is 0.487. The Hall–Kier alpha value is -1.16. The van der Waals surface area contributed by atoms with Gasteiger partial charge in [0.05, 0.1) is 0 Å². The summed E-state index contributed by atoms with van der Waals surface area (Å²) in [5.74, 6) is 1.78. The van der Waals surface area contributed by atoms with Gasteiger partial charge in [-0.05, 0) is 24.5 Å². The summed E-state index contributed by atoms with van der Waals surface area (Å²) in [6.45, 7) is 0. The molecule has 2 aromatic heterocycles. The average Bonchev–Trinajstić information content (AvgIpc) is 2.80. The van der Waals surface area contributed by atoms with Gasteiger partial charge in [0.1, 0.15) is 5.15 Å². The molecule has 0 spiro atoms. The fourth-order valence-electron chi connectivity index (χ4n) is 2.78. The Morgan fingerprint density at radius 2 is 2.00 bits per heavy atom. The van der Waals surface area contributed by atoms with Crippen molar-refractivity contribution in [3.8, 4) is 0 Å². The third-order valence-electron chi connectivity index (χ3n) is 3.80. The highest BCUT2D eigenvalue weighted by molar-refractivity contribution is 6.29. The summed E-state index contributed by atoms with van der Waals surface area (Å²) in [6.07, 6.45) is 9.04. The number of aromatic nitrogens is 4. The zero-order valence-corrected chi connectivity index (χ0v) is 11.1. The summed E-state index contributed by atoms with van der Waals surface area (Å²) in [4.78, 5) is 0. The molecule has 3 rings (SSSR count). The molecule has 1 aliphatic carbocycles. The largest absolute Gasteiger partial charge is 0.196 e. The molecule has 18 heavy (non-hydrogen) atoms. The first-order valence-electron chi connectivity index (χ1n) is 6.70. The molecule has 1 saturated carbocycles. The van der Waals surface area contributed by atoms with Crippen LogP contribution in [0, 0.1) is 5.92 Å². The number of halogens is 1. The van der Waals surface area contributed by atoms with Crippen LogP contribution < -0.4 is 0 Å². The van der Waals surface area contributed by atoms with Crippen molar-refractivity contribution in [1.29, 1.82) is 0 Å². The molecule has 0 amide bonds. The van der Waals surface area contributed by atoms with E-state index in [1.54, 1.807) is 10.6 Å². The first-order valence-corrected chi connectivity index (χ1v) is 7.07. The minimum atomic E-state index is 0.487. The van der Waals surface area contributed by atoms with E-state index in [1.807, 2.05) is 6.07 Å². The maximum atomic E-state index is 5.91. The number of hydrogen-bond acceptors (Lipinski definition) is 3. The minimum Gasteiger partial charge on any atom is -0.196 e. The number of nitrogens with zero attached hydrogens (tertiary/aromatic N) is 4. The number of aryl methyl sites for hydroxylation is 1. The van der Waals surface area contributed by atoms with Gasteiger partial charge in [0.2, 0.25) is 0 Å². The quantitative estimate of drug-likeness (QED) is 0.854. The molecule has 0 N–H and O–H groups in total. The second kappa shape index (κ2) is 5.22. The highest BCUT2D eigenvalue weighted by atomic mass is 35.5. The van der Waals surface area contributed by atoms with Crippen molar-refractivity contribution in [2.24, 2.45) is 5.92 Å². The summed E-state index contributed by atoms with van der Waals surface area (Å²) in [6, 6.07) is 3.60. The van der Waals surface area contributed by atoms with Crippen LogP contribution in [0.3, 0.4) is 0 Å². The second-order valence-corrected chi connectivity index (χ2v) is 5.47. The van der Waals surface area contributed by atoms with Gasteiger partial charge >= 0.3 is 0 Å². The molecule has 4 nitrogen and oxygen atoms in total. The fraction of sp³-hybridized carbons (Fsp3) is 0.615. The molecule has 0 atom stereocenters. The summed E-state index contributed by atoms with van der Waals surface area (Å²) in [7, 11) is 0. The number of rotatable bonds is 3. The Morgan fingerprint density at radius 3 is 2.83 bits per heavy atom. The van der Waals surface area contributed by atoms with Crippen molar-refractivity contribution in [3.05, 3.63) is 23.1 Å². The lowest BCUT2D eigenvalue weighted by molar-refractivity contribution is 0.336. The lowest BCUT2D eigenvalue weighted by atomic mass is 9.86. The van der Waals surface area contributed by atoms with E-state index in [1.165, 1.54) is 38.5 Å². The summed E-state index contributed by atoms with van der Waals surface area (Å²) >= 11 is 5.91. The summed E-state index contributed by atoms with van der Waals surface area (Å²) in [5.41, 5.74) is 0.776. The lowest BCUT2D eigenvalue weighted by Gasteiger charge is -2.20. The normalized spacial score (nSPS) is 17.4. The van der Waals surface area contributed by atoms with Crippen LogP contribution in [0.1, 0.15) is 44.3 Å². The van der Waals surface area contributed by atoms with Crippen molar-refractivity contribution in [3.63, 3.8) is 0 Å². The molecular weight excluding hydrogens is 248 g/mol. The molecule has 2 aromatic rings. The Labute approximate surface area is 111 Å². The van der Waals surface area contributed by atoms with Crippen LogP contribution in [-0.2, 0) is 6.42 Å². The second-order valence-electron chi connectivity index (χ2n) is 5.08. The van der Waals surface area contributed by atoms with Crippen molar-refractivity contribution < 1.29 is 0 Å². The van der Waals surface area contributed by atoms with Gasteiger partial charge in [-0.2, -0.15) is 9.61 Å². The Morgan fingerprint density at radius 1 is 1.17 bits per heavy atom. The first kappa shape index (κ1) is 11.9. The molecule has 2 heterocycles. The van der Waals surface area contributed by atoms with Gasteiger partial charge in [-0.25, -0.2) is 0 Å². The van der Waals surface area contributed by atoms with Crippen LogP contribution in [0.2, 0.25) is 5.15 Å². The Kier molecular flexibility index (Phi) is 3.46. The monoisotopic (exact) mass is 264 g/mol. The van der Waals surface area contributed by atoms with E-state index < -0.39 is 0 Å². The van der Waals surface area contributed by atoms with Crippen LogP contribution in [0.15, 0.2) is 12.1 Å². The van der Waals surface area contributed by atoms with Gasteiger partial charge in [-0.1, -0.05) is 43.7 Å². The van der Waals surface area contributed by atoms with Crippen molar-refractivity contribution in [1.82, 2.24) is 19.8 Å². The molecular formula is C13H17ClN4. The van der Waals surface area contributed by atoms with Crippen LogP contribution >= 0.6 is 11.6 Å². The maximum absolute atomic E-state index is 5.91. The van der Waals surface area contributed by atoms with E-state index >= 15 is 0 Å². The first-order chi connectivity index (χ1) is 8.83. The van der Waals surface area contributed by atoms with E-state index in [0.717, 1.165) is 23.8 Å². The van der Waals surface area contributed by atoms with E-state index in [0.29, 0.717) is 5.15 Å². The third kappa shape index (κ3) is 2.48. The molecule has 96 valence electrons. The molecule has 1 fully saturated rings. The SMILES string of the molecule is Clc1ccc2nnc(CCC3CCCCC3)n2n1. The van der Waals surface area contributed by atoms with E-state index in [2.05, 4.69) is 15.3 Å². The van der Waals surface area contributed by atoms with Gasteiger partial charge in [0, 0.05) is 6.42 Å². The van der Waals surface area contributed by atoms with E-state index in [4.69, 9.17) is 11.6 Å². The number of fused-ring (bicyclic) bond motifs is 1. The van der Waals surface area contributed by atoms with E-state index in [9.17, 15) is 0 Å². The van der Waals surface area contributed by atoms with Crippen LogP contribution in [0.25, 0.3) is 5.65 Å². The molecule has 5 heteroatoms. The fourth-order valence-corrected chi connectivity index (χ4v) is 2.91. The third-order valence-corrected chi connectivity index (χ3v) is 4.00. The molecule has 0 unspecified atom stereocenters. The van der Waals surface area contributed by atoms with Gasteiger partial charge < -0.3 is 0 Å². The number of hydrogen-bond donors (Lipinski definition) is 0. The Bertz CT molecular complexity index is 531. The predicted octanol–water partition coefficient (Wildman–Crippen LogP) is 3.29. The molecule has 0 radical (unpaired) electrons. The lowest BCUT2D eigenvalue weighted by Crippen LogP contribution is -2.09. The van der Waals surface area contributed by atoms with Crippen molar-refractivity contribution >= 4 is 17.2 Å². The predicted molar refractivity (Wildman–Crippen MR) is 70.7 cm³/mol. The maximum Gasteiger partial charge on any atom is 0.178 e. The van der Waals surface area contributed by atoms with Crippen molar-refractivity contribution in [2.45, 2.75) is 44.9 Å². The summed E-state index contributed by atoms with van der Waals surface area (Å²) < 4.78 is 1.77. The molecule has 0 aromatic carbocycles. The highest BCUT2D eigenvalue weighted by Crippen LogP contribution is 2.27. The topological polar surface area (TPSA) is 43.1 Å². The van der Waals surface area contributed by atoms with Gasteiger partial charge in [-0.15, -0.1) is 10.2 Å². The zero-order chi connectivity index (χ0) is 12.4. The zero-order valence-electron chi connectivity index (χ0n) is 10.3. The van der Waals surface area contributed by atoms with Gasteiger partial charge in [0.25, 0.3) is 0 Å². The van der Waals surface area contributed by atoms with Crippen molar-refractivity contribution in [2.75, 3.05) is 0 Å². The Balaban J connectivity index is 1.72. The molecule has 0 bridgehead atoms. The van der Waals surface area contributed by atoms with Gasteiger partial charge in [-0.3, -0.25) is 0 Å². The smallest absolute Gasteiger partial charge is 0.178 e. The highest BCUT2D eigenvalue weighted by Gasteiger charge is 2.15. The van der Waals surface area contributed by atoms with Gasteiger partial charge in [0.15, 0.2) is 11.5 Å². The standard InChI is InChI=1S/C13H17ClN4/c14-11-7-9-13-16-15-12(18(13)17-11)8-6-10-4-2-1-3-5-10/h7,9-10H,1-6,8H2. The molecule has 1 aliphatic rings.